The number of hydrogen-bond donors (Lipinski definition) is 0. The lowest BCUT2D eigenvalue weighted by Crippen LogP contribution is -2.47. The zero-order valence-corrected chi connectivity index (χ0v) is 13.4. The summed E-state index contributed by atoms with van der Waals surface area (Å²) in [6.45, 7) is 4.63. The Kier molecular flexibility index (Phi) is 4.82. The van der Waals surface area contributed by atoms with Gasteiger partial charge in [-0.25, -0.2) is 8.42 Å². The summed E-state index contributed by atoms with van der Waals surface area (Å²) in [5.41, 5.74) is 0.927. The van der Waals surface area contributed by atoms with E-state index in [-0.39, 0.29) is 6.04 Å². The summed E-state index contributed by atoms with van der Waals surface area (Å²) in [4.78, 5) is 0.354. The summed E-state index contributed by atoms with van der Waals surface area (Å²) in [5, 5.41) is 0.325. The molecule has 1 aromatic rings. The second-order valence-electron chi connectivity index (χ2n) is 4.71. The molecule has 6 heteroatoms. The first-order valence-corrected chi connectivity index (χ1v) is 9.27. The maximum atomic E-state index is 12.6. The number of halogens is 1. The van der Waals surface area contributed by atoms with Gasteiger partial charge in [-0.3, -0.25) is 0 Å². The molecule has 3 nitrogen and oxygen atoms in total. The first-order chi connectivity index (χ1) is 8.96. The van der Waals surface area contributed by atoms with E-state index in [9.17, 15) is 8.42 Å². The number of alkyl halides is 1. The molecule has 1 aromatic carbocycles. The predicted octanol–water partition coefficient (Wildman–Crippen LogP) is 2.94. The van der Waals surface area contributed by atoms with Crippen LogP contribution in [-0.4, -0.2) is 36.3 Å². The minimum atomic E-state index is -3.39. The highest BCUT2D eigenvalue weighted by Gasteiger charge is 2.34. The lowest BCUT2D eigenvalue weighted by Gasteiger charge is -2.36. The Morgan fingerprint density at radius 3 is 2.53 bits per heavy atom. The predicted molar refractivity (Wildman–Crippen MR) is 81.3 cm³/mol. The van der Waals surface area contributed by atoms with Gasteiger partial charge in [0.2, 0.25) is 10.0 Å². The van der Waals surface area contributed by atoms with E-state index >= 15 is 0 Å². The normalized spacial score (nSPS) is 25.4. The molecule has 0 N–H and O–H groups in total. The van der Waals surface area contributed by atoms with E-state index in [1.54, 1.807) is 28.6 Å². The van der Waals surface area contributed by atoms with Crippen molar-refractivity contribution < 1.29 is 8.42 Å². The van der Waals surface area contributed by atoms with Gasteiger partial charge in [-0.05, 0) is 24.6 Å². The zero-order valence-electron chi connectivity index (χ0n) is 11.0. The molecule has 0 aliphatic carbocycles. The van der Waals surface area contributed by atoms with Crippen molar-refractivity contribution in [3.63, 3.8) is 0 Å². The van der Waals surface area contributed by atoms with E-state index < -0.39 is 10.0 Å². The molecule has 0 bridgehead atoms. The molecule has 106 valence electrons. The Labute approximate surface area is 124 Å². The van der Waals surface area contributed by atoms with Gasteiger partial charge in [-0.1, -0.05) is 19.1 Å². The standard InChI is InChI=1S/C13H18ClNO2S2/c1-10-11(2)18-8-7-15(10)19(16,17)13-5-3-12(9-14)4-6-13/h3-6,10-11H,7-9H2,1-2H3. The van der Waals surface area contributed by atoms with Gasteiger partial charge < -0.3 is 0 Å². The molecule has 0 radical (unpaired) electrons. The third-order valence-electron chi connectivity index (χ3n) is 3.51. The smallest absolute Gasteiger partial charge is 0.207 e. The Bertz CT molecular complexity index is 530. The van der Waals surface area contributed by atoms with Gasteiger partial charge in [-0.2, -0.15) is 16.1 Å². The largest absolute Gasteiger partial charge is 0.243 e. The quantitative estimate of drug-likeness (QED) is 0.804. The van der Waals surface area contributed by atoms with Gasteiger partial charge in [0.1, 0.15) is 0 Å². The highest BCUT2D eigenvalue weighted by Crippen LogP contribution is 2.29. The molecular weight excluding hydrogens is 302 g/mol. The summed E-state index contributed by atoms with van der Waals surface area (Å²) < 4.78 is 26.9. The van der Waals surface area contributed by atoms with Crippen molar-refractivity contribution in [2.24, 2.45) is 0 Å². The molecule has 0 aromatic heterocycles. The molecule has 1 saturated heterocycles. The fraction of sp³-hybridized carbons (Fsp3) is 0.538. The third-order valence-corrected chi connectivity index (χ3v) is 7.16. The van der Waals surface area contributed by atoms with Crippen molar-refractivity contribution in [2.45, 2.75) is 35.9 Å². The van der Waals surface area contributed by atoms with Crippen LogP contribution in [0.15, 0.2) is 29.2 Å². The first kappa shape index (κ1) is 15.2. The minimum absolute atomic E-state index is 0.0245. The van der Waals surface area contributed by atoms with E-state index in [2.05, 4.69) is 6.92 Å². The zero-order chi connectivity index (χ0) is 14.0. The van der Waals surface area contributed by atoms with Crippen molar-refractivity contribution in [1.82, 2.24) is 4.31 Å². The molecule has 2 unspecified atom stereocenters. The Balaban J connectivity index is 2.30. The molecule has 1 aliphatic rings. The van der Waals surface area contributed by atoms with Crippen LogP contribution >= 0.6 is 23.4 Å². The summed E-state index contributed by atoms with van der Waals surface area (Å²) in [7, 11) is -3.39. The minimum Gasteiger partial charge on any atom is -0.207 e. The van der Waals surface area contributed by atoms with Crippen LogP contribution in [0.25, 0.3) is 0 Å². The van der Waals surface area contributed by atoms with E-state index in [1.165, 1.54) is 0 Å². The summed E-state index contributed by atoms with van der Waals surface area (Å²) in [6, 6.07) is 6.86. The van der Waals surface area contributed by atoms with Crippen molar-refractivity contribution in [2.75, 3.05) is 12.3 Å². The monoisotopic (exact) mass is 319 g/mol. The van der Waals surface area contributed by atoms with Crippen LogP contribution in [0.3, 0.4) is 0 Å². The second kappa shape index (κ2) is 6.04. The van der Waals surface area contributed by atoms with Gasteiger partial charge in [0.15, 0.2) is 0 Å². The number of nitrogens with zero attached hydrogens (tertiary/aromatic N) is 1. The molecule has 0 saturated carbocycles. The number of hydrogen-bond acceptors (Lipinski definition) is 3. The molecule has 19 heavy (non-hydrogen) atoms. The highest BCUT2D eigenvalue weighted by molar-refractivity contribution is 8.00. The average Bonchev–Trinajstić information content (AvgIpc) is 2.41. The lowest BCUT2D eigenvalue weighted by molar-refractivity contribution is 0.340. The fourth-order valence-corrected chi connectivity index (χ4v) is 5.30. The van der Waals surface area contributed by atoms with Gasteiger partial charge in [0.05, 0.1) is 4.90 Å². The Hall–Kier alpha value is -0.230. The maximum Gasteiger partial charge on any atom is 0.243 e. The summed E-state index contributed by atoms with van der Waals surface area (Å²) >= 11 is 7.55. The van der Waals surface area contributed by atoms with Crippen LogP contribution in [0, 0.1) is 0 Å². The van der Waals surface area contributed by atoms with Gasteiger partial charge >= 0.3 is 0 Å². The Morgan fingerprint density at radius 2 is 1.95 bits per heavy atom. The fourth-order valence-electron chi connectivity index (χ4n) is 2.13. The van der Waals surface area contributed by atoms with Crippen LogP contribution in [0.5, 0.6) is 0 Å². The highest BCUT2D eigenvalue weighted by atomic mass is 35.5. The van der Waals surface area contributed by atoms with E-state index in [0.717, 1.165) is 11.3 Å². The van der Waals surface area contributed by atoms with Crippen LogP contribution in [-0.2, 0) is 15.9 Å². The molecule has 1 aliphatic heterocycles. The molecule has 0 spiro atoms. The van der Waals surface area contributed by atoms with Gasteiger partial charge in [-0.15, -0.1) is 11.6 Å². The van der Waals surface area contributed by atoms with E-state index in [4.69, 9.17) is 11.6 Å². The average molecular weight is 320 g/mol. The van der Waals surface area contributed by atoms with Crippen molar-refractivity contribution in [1.29, 1.82) is 0 Å². The molecule has 2 rings (SSSR count). The summed E-state index contributed by atoms with van der Waals surface area (Å²) in [6.07, 6.45) is 0. The number of sulfonamides is 1. The number of rotatable bonds is 3. The number of thioether (sulfide) groups is 1. The number of benzene rings is 1. The second-order valence-corrected chi connectivity index (χ2v) is 8.35. The third kappa shape index (κ3) is 3.10. The van der Waals surface area contributed by atoms with Crippen LogP contribution in [0.4, 0.5) is 0 Å². The maximum absolute atomic E-state index is 12.6. The lowest BCUT2D eigenvalue weighted by atomic mass is 10.2. The molecule has 1 heterocycles. The van der Waals surface area contributed by atoms with Crippen molar-refractivity contribution in [3.05, 3.63) is 29.8 Å². The molecular formula is C13H18ClNO2S2. The van der Waals surface area contributed by atoms with Crippen LogP contribution < -0.4 is 0 Å². The van der Waals surface area contributed by atoms with Crippen LogP contribution in [0.2, 0.25) is 0 Å². The summed E-state index contributed by atoms with van der Waals surface area (Å²) in [5.74, 6) is 1.25. The Morgan fingerprint density at radius 1 is 1.32 bits per heavy atom. The topological polar surface area (TPSA) is 37.4 Å². The van der Waals surface area contributed by atoms with Gasteiger partial charge in [0.25, 0.3) is 0 Å². The van der Waals surface area contributed by atoms with E-state index in [1.807, 2.05) is 18.7 Å². The molecule has 0 amide bonds. The SMILES string of the molecule is CC1SCCN(S(=O)(=O)c2ccc(CCl)cc2)C1C. The first-order valence-electron chi connectivity index (χ1n) is 6.25. The van der Waals surface area contributed by atoms with Crippen LogP contribution in [0.1, 0.15) is 19.4 Å². The molecule has 1 fully saturated rings. The van der Waals surface area contributed by atoms with Gasteiger partial charge in [0, 0.05) is 29.5 Å². The van der Waals surface area contributed by atoms with Crippen molar-refractivity contribution in [3.8, 4) is 0 Å². The molecule has 2 atom stereocenters. The van der Waals surface area contributed by atoms with Crippen molar-refractivity contribution >= 4 is 33.4 Å². The van der Waals surface area contributed by atoms with E-state index in [0.29, 0.717) is 22.6 Å².